The van der Waals surface area contributed by atoms with E-state index in [1.54, 1.807) is 0 Å². The third-order valence-electron chi connectivity index (χ3n) is 4.39. The number of hydrogen-bond donors (Lipinski definition) is 0. The second-order valence-corrected chi connectivity index (χ2v) is 12.5. The predicted molar refractivity (Wildman–Crippen MR) is 129 cm³/mol. The van der Waals surface area contributed by atoms with Gasteiger partial charge in [0.1, 0.15) is 0 Å². The van der Waals surface area contributed by atoms with Crippen molar-refractivity contribution in [2.24, 2.45) is 0 Å². The van der Waals surface area contributed by atoms with Gasteiger partial charge in [0.2, 0.25) is 0 Å². The topological polar surface area (TPSA) is 0 Å². The van der Waals surface area contributed by atoms with Gasteiger partial charge in [-0.15, -0.1) is 0 Å². The first-order valence-electron chi connectivity index (χ1n) is 9.70. The van der Waals surface area contributed by atoms with Gasteiger partial charge in [-0.05, 0) is 24.7 Å². The maximum absolute atomic E-state index is 3.47. The van der Waals surface area contributed by atoms with Gasteiger partial charge >= 0.3 is 96.1 Å². The number of benzene rings is 4. The Labute approximate surface area is 199 Å². The van der Waals surface area contributed by atoms with Crippen molar-refractivity contribution in [3.63, 3.8) is 0 Å². The van der Waals surface area contributed by atoms with Gasteiger partial charge in [-0.2, -0.15) is 0 Å². The van der Waals surface area contributed by atoms with Crippen LogP contribution in [0.2, 0.25) is 0 Å². The van der Waals surface area contributed by atoms with Crippen LogP contribution >= 0.6 is 14.0 Å². The SMILES string of the molecule is CCP(c1ccccc1)c1ccccc1.[Cl-].[Pd+][P](c1ccccc1)c1ccccc1. The van der Waals surface area contributed by atoms with Crippen LogP contribution in [0.3, 0.4) is 0 Å². The van der Waals surface area contributed by atoms with Crippen LogP contribution in [0.15, 0.2) is 121 Å². The summed E-state index contributed by atoms with van der Waals surface area (Å²) in [6.07, 6.45) is 0.891. The molecular weight excluding hydrogens is 516 g/mol. The Kier molecular flexibility index (Phi) is 11.6. The molecule has 0 fully saturated rings. The van der Waals surface area contributed by atoms with Gasteiger partial charge in [-0.25, -0.2) is 0 Å². The van der Waals surface area contributed by atoms with Gasteiger partial charge in [-0.3, -0.25) is 0 Å². The minimum atomic E-state index is -0.321. The summed E-state index contributed by atoms with van der Waals surface area (Å²) in [5.41, 5.74) is 0. The summed E-state index contributed by atoms with van der Waals surface area (Å²) in [4.78, 5) is 0. The van der Waals surface area contributed by atoms with Crippen LogP contribution in [-0.4, -0.2) is 6.16 Å². The van der Waals surface area contributed by atoms with E-state index in [-0.39, 0.29) is 26.4 Å². The molecule has 4 heteroatoms. The Morgan fingerprint density at radius 3 is 1.03 bits per heavy atom. The number of hydrogen-bond acceptors (Lipinski definition) is 0. The van der Waals surface area contributed by atoms with Crippen molar-refractivity contribution in [2.45, 2.75) is 6.92 Å². The molecule has 0 bridgehead atoms. The summed E-state index contributed by atoms with van der Waals surface area (Å²) in [6.45, 7) is 2.27. The van der Waals surface area contributed by atoms with E-state index in [0.717, 1.165) is 0 Å². The van der Waals surface area contributed by atoms with Crippen molar-refractivity contribution < 1.29 is 31.1 Å². The summed E-state index contributed by atoms with van der Waals surface area (Å²) in [5.74, 6) is 0. The fraction of sp³-hybridized carbons (Fsp3) is 0.0769. The van der Waals surface area contributed by atoms with Crippen molar-refractivity contribution >= 4 is 35.3 Å². The Morgan fingerprint density at radius 1 is 0.500 bits per heavy atom. The van der Waals surface area contributed by atoms with Crippen LogP contribution in [0.1, 0.15) is 6.92 Å². The zero-order chi connectivity index (χ0) is 20.3. The fourth-order valence-electron chi connectivity index (χ4n) is 2.98. The van der Waals surface area contributed by atoms with Crippen molar-refractivity contribution in [1.82, 2.24) is 0 Å². The van der Waals surface area contributed by atoms with Gasteiger partial charge in [-0.1, -0.05) is 67.6 Å². The zero-order valence-electron chi connectivity index (χ0n) is 16.8. The average molecular weight is 541 g/mol. The van der Waals surface area contributed by atoms with Crippen molar-refractivity contribution in [3.8, 4) is 0 Å². The molecule has 0 heterocycles. The van der Waals surface area contributed by atoms with Crippen LogP contribution < -0.4 is 33.6 Å². The molecule has 0 amide bonds. The third-order valence-corrected chi connectivity index (χ3v) is 10.7. The van der Waals surface area contributed by atoms with E-state index in [4.69, 9.17) is 0 Å². The molecule has 0 unspecified atom stereocenters. The van der Waals surface area contributed by atoms with Crippen LogP contribution in [0.25, 0.3) is 0 Å². The van der Waals surface area contributed by atoms with Gasteiger partial charge in [0, 0.05) is 0 Å². The van der Waals surface area contributed by atoms with E-state index < -0.39 is 0 Å². The first-order chi connectivity index (χ1) is 14.3. The molecule has 156 valence electrons. The molecule has 0 aliphatic heterocycles. The second kappa shape index (κ2) is 13.9. The normalized spacial score (nSPS) is 10.2. The van der Waals surface area contributed by atoms with Gasteiger partial charge in [0.25, 0.3) is 0 Å². The molecule has 0 aromatic heterocycles. The first-order valence-corrected chi connectivity index (χ1v) is 14.5. The molecular formula is C26H25ClP2Pd. The monoisotopic (exact) mass is 540 g/mol. The van der Waals surface area contributed by atoms with E-state index >= 15 is 0 Å². The molecule has 0 N–H and O–H groups in total. The molecule has 0 radical (unpaired) electrons. The molecule has 4 aromatic carbocycles. The molecule has 0 aliphatic rings. The summed E-state index contributed by atoms with van der Waals surface area (Å²) in [6, 6.07) is 42.7. The summed E-state index contributed by atoms with van der Waals surface area (Å²) in [7, 11) is -0.149. The molecule has 0 nitrogen and oxygen atoms in total. The van der Waals surface area contributed by atoms with Crippen LogP contribution in [0.5, 0.6) is 0 Å². The minimum absolute atomic E-state index is 0. The van der Waals surface area contributed by atoms with E-state index in [2.05, 4.69) is 147 Å². The van der Waals surface area contributed by atoms with E-state index in [1.807, 2.05) is 0 Å². The van der Waals surface area contributed by atoms with E-state index in [9.17, 15) is 0 Å². The van der Waals surface area contributed by atoms with Crippen molar-refractivity contribution in [1.29, 1.82) is 0 Å². The molecule has 30 heavy (non-hydrogen) atoms. The van der Waals surface area contributed by atoms with Crippen molar-refractivity contribution in [3.05, 3.63) is 121 Å². The Morgan fingerprint density at radius 2 is 0.767 bits per heavy atom. The van der Waals surface area contributed by atoms with Gasteiger partial charge in [0.15, 0.2) is 0 Å². The third kappa shape index (κ3) is 7.43. The average Bonchev–Trinajstić information content (AvgIpc) is 2.82. The molecule has 0 saturated carbocycles. The molecule has 0 aliphatic carbocycles. The van der Waals surface area contributed by atoms with Crippen LogP contribution in [-0.2, 0) is 18.7 Å². The molecule has 0 saturated heterocycles. The Balaban J connectivity index is 0.000000207. The molecule has 4 aromatic rings. The quantitative estimate of drug-likeness (QED) is 0.270. The van der Waals surface area contributed by atoms with Crippen LogP contribution in [0.4, 0.5) is 0 Å². The van der Waals surface area contributed by atoms with E-state index in [0.29, 0.717) is 0 Å². The number of halogens is 1. The Hall–Kier alpha value is -1.31. The Bertz CT molecular complexity index is 872. The molecule has 0 spiro atoms. The second-order valence-electron chi connectivity index (χ2n) is 6.34. The summed E-state index contributed by atoms with van der Waals surface area (Å²) >= 11 is 3.47. The van der Waals surface area contributed by atoms with E-state index in [1.165, 1.54) is 27.4 Å². The predicted octanol–water partition coefficient (Wildman–Crippen LogP) is 2.72. The summed E-state index contributed by atoms with van der Waals surface area (Å²) in [5, 5.41) is 5.69. The van der Waals surface area contributed by atoms with Crippen LogP contribution in [0, 0.1) is 0 Å². The molecule has 4 rings (SSSR count). The molecule has 0 atom stereocenters. The first kappa shape index (κ1) is 25.0. The fourth-order valence-corrected chi connectivity index (χ4v) is 7.59. The maximum atomic E-state index is 3.47. The zero-order valence-corrected chi connectivity index (χ0v) is 20.9. The van der Waals surface area contributed by atoms with Gasteiger partial charge in [0.05, 0.1) is 0 Å². The standard InChI is InChI=1S/C14H15P.C12H10P.ClH.Pd/c1-2-15(13-9-5-3-6-10-13)14-11-7-4-8-12-14;1-3-7-11(8-4-1)13-12-9-5-2-6-10-12;;/h3-12H,2H2,1H3;1-10H;1H;/q;-1;;+2/p-1. The number of rotatable bonds is 5. The summed E-state index contributed by atoms with van der Waals surface area (Å²) < 4.78 is 0. The van der Waals surface area contributed by atoms with Gasteiger partial charge < -0.3 is 12.4 Å². The van der Waals surface area contributed by atoms with Crippen molar-refractivity contribution in [2.75, 3.05) is 6.16 Å².